The number of aromatic nitrogens is 4. The Morgan fingerprint density at radius 3 is 2.62 bits per heavy atom. The van der Waals surface area contributed by atoms with Crippen molar-refractivity contribution in [1.29, 1.82) is 0 Å². The van der Waals surface area contributed by atoms with Gasteiger partial charge < -0.3 is 5.32 Å². The fourth-order valence-corrected chi connectivity index (χ4v) is 2.46. The number of hydrogen-bond acceptors (Lipinski definition) is 5. The lowest BCUT2D eigenvalue weighted by atomic mass is 10.2. The van der Waals surface area contributed by atoms with Gasteiger partial charge >= 0.3 is 0 Å². The molecule has 1 amide bonds. The highest BCUT2D eigenvalue weighted by atomic mass is 35.5. The molecule has 0 radical (unpaired) electrons. The summed E-state index contributed by atoms with van der Waals surface area (Å²) in [6.07, 6.45) is 2.07. The predicted molar refractivity (Wildman–Crippen MR) is 78.0 cm³/mol. The summed E-state index contributed by atoms with van der Waals surface area (Å²) >= 11 is 5.76. The number of anilines is 1. The van der Waals surface area contributed by atoms with Gasteiger partial charge in [0.2, 0.25) is 5.91 Å². The highest BCUT2D eigenvalue weighted by Crippen LogP contribution is 2.46. The molecule has 1 N–H and O–H groups in total. The molecule has 1 fully saturated rings. The molecule has 7 heteroatoms. The second-order valence-corrected chi connectivity index (χ2v) is 5.56. The van der Waals surface area contributed by atoms with Crippen LogP contribution in [0.4, 0.5) is 5.82 Å². The topological polar surface area (TPSA) is 80.7 Å². The molecule has 2 heterocycles. The maximum absolute atomic E-state index is 12.2. The smallest absolute Gasteiger partial charge is 0.229 e. The van der Waals surface area contributed by atoms with Gasteiger partial charge in [-0.2, -0.15) is 0 Å². The lowest BCUT2D eigenvalue weighted by Gasteiger charge is -2.04. The lowest BCUT2D eigenvalue weighted by Crippen LogP contribution is -2.16. The first kappa shape index (κ1) is 13.9. The highest BCUT2D eigenvalue weighted by molar-refractivity contribution is 6.29. The highest BCUT2D eigenvalue weighted by Gasteiger charge is 2.46. The van der Waals surface area contributed by atoms with Crippen molar-refractivity contribution >= 4 is 23.3 Å². The molecule has 0 aromatic carbocycles. The second kappa shape index (κ2) is 5.37. The summed E-state index contributed by atoms with van der Waals surface area (Å²) in [6.45, 7) is 3.86. The van der Waals surface area contributed by atoms with E-state index in [1.807, 2.05) is 19.9 Å². The third-order valence-electron chi connectivity index (χ3n) is 3.34. The van der Waals surface area contributed by atoms with Crippen LogP contribution in [0, 0.1) is 19.8 Å². The summed E-state index contributed by atoms with van der Waals surface area (Å²) in [7, 11) is 0. The average molecular weight is 304 g/mol. The third kappa shape index (κ3) is 3.16. The molecule has 1 aliphatic carbocycles. The maximum atomic E-state index is 12.2. The number of carbonyl (C=O) groups excluding carboxylic acids is 1. The quantitative estimate of drug-likeness (QED) is 0.880. The number of nitrogens with zero attached hydrogens (tertiary/aromatic N) is 4. The van der Waals surface area contributed by atoms with Crippen LogP contribution in [0.25, 0.3) is 0 Å². The van der Waals surface area contributed by atoms with Crippen LogP contribution >= 0.6 is 11.6 Å². The second-order valence-electron chi connectivity index (χ2n) is 5.17. The first-order valence-electron chi connectivity index (χ1n) is 6.63. The number of halogens is 1. The number of rotatable bonds is 3. The first-order chi connectivity index (χ1) is 10.0. The van der Waals surface area contributed by atoms with Crippen molar-refractivity contribution in [2.24, 2.45) is 5.92 Å². The Labute approximate surface area is 127 Å². The Morgan fingerprint density at radius 1 is 1.24 bits per heavy atom. The molecule has 3 rings (SSSR count). The lowest BCUT2D eigenvalue weighted by molar-refractivity contribution is -0.117. The molecule has 0 saturated heterocycles. The molecular formula is C14H14ClN5O. The van der Waals surface area contributed by atoms with E-state index in [1.54, 1.807) is 0 Å². The zero-order valence-corrected chi connectivity index (χ0v) is 12.4. The molecule has 0 bridgehead atoms. The predicted octanol–water partition coefficient (Wildman–Crippen LogP) is 2.28. The average Bonchev–Trinajstić information content (AvgIpc) is 3.17. The van der Waals surface area contributed by atoms with Crippen LogP contribution in [-0.4, -0.2) is 25.8 Å². The molecule has 21 heavy (non-hydrogen) atoms. The Morgan fingerprint density at radius 2 is 1.95 bits per heavy atom. The van der Waals surface area contributed by atoms with E-state index in [1.165, 1.54) is 12.4 Å². The Bertz CT molecular complexity index is 685. The fourth-order valence-electron chi connectivity index (χ4n) is 2.31. The Hall–Kier alpha value is -2.08. The normalized spacial score (nSPS) is 20.1. The van der Waals surface area contributed by atoms with Crippen LogP contribution in [-0.2, 0) is 4.79 Å². The van der Waals surface area contributed by atoms with E-state index in [0.29, 0.717) is 11.0 Å². The van der Waals surface area contributed by atoms with Crippen LogP contribution in [0.15, 0.2) is 18.5 Å². The summed E-state index contributed by atoms with van der Waals surface area (Å²) in [5, 5.41) is 3.04. The van der Waals surface area contributed by atoms with Crippen molar-refractivity contribution in [2.45, 2.75) is 26.2 Å². The molecule has 1 saturated carbocycles. The molecule has 6 nitrogen and oxygen atoms in total. The van der Waals surface area contributed by atoms with E-state index in [2.05, 4.69) is 25.3 Å². The van der Waals surface area contributed by atoms with Gasteiger partial charge in [0.25, 0.3) is 0 Å². The van der Waals surface area contributed by atoms with Gasteiger partial charge in [-0.25, -0.2) is 19.9 Å². The van der Waals surface area contributed by atoms with Crippen molar-refractivity contribution in [1.82, 2.24) is 19.9 Å². The van der Waals surface area contributed by atoms with Crippen molar-refractivity contribution in [3.8, 4) is 0 Å². The number of hydrogen-bond donors (Lipinski definition) is 1. The van der Waals surface area contributed by atoms with Crippen LogP contribution in [0.2, 0.25) is 5.15 Å². The molecule has 2 aromatic rings. The zero-order chi connectivity index (χ0) is 15.0. The van der Waals surface area contributed by atoms with Gasteiger partial charge in [-0.3, -0.25) is 4.79 Å². The zero-order valence-electron chi connectivity index (χ0n) is 11.7. The minimum atomic E-state index is -0.111. The van der Waals surface area contributed by atoms with Gasteiger partial charge in [-0.05, 0) is 26.3 Å². The van der Waals surface area contributed by atoms with E-state index in [0.717, 1.165) is 23.6 Å². The molecule has 2 atom stereocenters. The largest absolute Gasteiger partial charge is 0.310 e. The Kier molecular flexibility index (Phi) is 3.55. The minimum absolute atomic E-state index is 0.0842. The Balaban J connectivity index is 1.68. The molecule has 0 unspecified atom stereocenters. The molecule has 0 aliphatic heterocycles. The minimum Gasteiger partial charge on any atom is -0.310 e. The van der Waals surface area contributed by atoms with E-state index in [-0.39, 0.29) is 17.7 Å². The molecule has 108 valence electrons. The van der Waals surface area contributed by atoms with Crippen LogP contribution in [0.3, 0.4) is 0 Å². The van der Waals surface area contributed by atoms with Crippen molar-refractivity contribution in [2.75, 3.05) is 5.32 Å². The van der Waals surface area contributed by atoms with E-state index in [9.17, 15) is 4.79 Å². The van der Waals surface area contributed by atoms with Gasteiger partial charge in [0.05, 0.1) is 0 Å². The number of carbonyl (C=O) groups is 1. The van der Waals surface area contributed by atoms with Gasteiger partial charge in [-0.15, -0.1) is 0 Å². The van der Waals surface area contributed by atoms with Gasteiger partial charge in [0.15, 0.2) is 0 Å². The SMILES string of the molecule is Cc1cc(C)nc([C@H]2C[C@@H]2C(=O)Nc2cc(Cl)ncn2)n1. The molecule has 0 spiro atoms. The van der Waals surface area contributed by atoms with Crippen molar-refractivity contribution in [3.05, 3.63) is 40.8 Å². The molecule has 2 aromatic heterocycles. The van der Waals surface area contributed by atoms with E-state index < -0.39 is 0 Å². The van der Waals surface area contributed by atoms with E-state index in [4.69, 9.17) is 11.6 Å². The van der Waals surface area contributed by atoms with Crippen molar-refractivity contribution in [3.63, 3.8) is 0 Å². The van der Waals surface area contributed by atoms with Crippen LogP contribution < -0.4 is 5.32 Å². The monoisotopic (exact) mass is 303 g/mol. The van der Waals surface area contributed by atoms with Crippen LogP contribution in [0.1, 0.15) is 29.6 Å². The third-order valence-corrected chi connectivity index (χ3v) is 3.55. The number of aryl methyl sites for hydroxylation is 2. The summed E-state index contributed by atoms with van der Waals surface area (Å²) in [4.78, 5) is 28.7. The fraction of sp³-hybridized carbons (Fsp3) is 0.357. The summed E-state index contributed by atoms with van der Waals surface area (Å²) in [5.41, 5.74) is 1.84. The molecule has 1 aliphatic rings. The van der Waals surface area contributed by atoms with Gasteiger partial charge in [0, 0.05) is 29.3 Å². The van der Waals surface area contributed by atoms with E-state index >= 15 is 0 Å². The van der Waals surface area contributed by atoms with Crippen LogP contribution in [0.5, 0.6) is 0 Å². The first-order valence-corrected chi connectivity index (χ1v) is 7.01. The van der Waals surface area contributed by atoms with Crippen molar-refractivity contribution < 1.29 is 4.79 Å². The standard InChI is InChI=1S/C14H14ClN5O/c1-7-3-8(2)19-13(18-7)9-4-10(9)14(21)20-12-5-11(15)16-6-17-12/h3,5-6,9-10H,4H2,1-2H3,(H,16,17,20,21)/t9-,10-/m0/s1. The number of nitrogens with one attached hydrogen (secondary N) is 1. The summed E-state index contributed by atoms with van der Waals surface area (Å²) < 4.78 is 0. The summed E-state index contributed by atoms with van der Waals surface area (Å²) in [6, 6.07) is 3.44. The van der Waals surface area contributed by atoms with Gasteiger partial charge in [-0.1, -0.05) is 11.6 Å². The van der Waals surface area contributed by atoms with Gasteiger partial charge in [0.1, 0.15) is 23.1 Å². The number of amides is 1. The molecular weight excluding hydrogens is 290 g/mol. The summed E-state index contributed by atoms with van der Waals surface area (Å²) in [5.74, 6) is 1.04. The maximum Gasteiger partial charge on any atom is 0.229 e.